The molecule has 7 nitrogen and oxygen atoms in total. The maximum absolute atomic E-state index is 11.2. The topological polar surface area (TPSA) is 88.6 Å². The fraction of sp³-hybridized carbons (Fsp3) is 0.259. The zero-order chi connectivity index (χ0) is 23.9. The summed E-state index contributed by atoms with van der Waals surface area (Å²) in [5.41, 5.74) is 10.5. The second-order valence-electron chi connectivity index (χ2n) is 7.95. The number of carbonyl (C=O) groups excluding carboxylic acids is 1. The van der Waals surface area contributed by atoms with E-state index >= 15 is 0 Å². The fourth-order valence-electron chi connectivity index (χ4n) is 3.85. The van der Waals surface area contributed by atoms with Crippen molar-refractivity contribution < 1.29 is 19.0 Å². The van der Waals surface area contributed by atoms with Gasteiger partial charge in [-0.05, 0) is 49.6 Å². The number of rotatable bonds is 10. The number of imidazole rings is 1. The minimum atomic E-state index is -0.184. The van der Waals surface area contributed by atoms with Gasteiger partial charge in [0.1, 0.15) is 17.3 Å². The van der Waals surface area contributed by atoms with Gasteiger partial charge in [-0.25, -0.2) is 4.98 Å². The van der Waals surface area contributed by atoms with Gasteiger partial charge in [-0.3, -0.25) is 9.36 Å². The summed E-state index contributed by atoms with van der Waals surface area (Å²) in [6.07, 6.45) is 2.89. The van der Waals surface area contributed by atoms with E-state index in [4.69, 9.17) is 20.2 Å². The monoisotopic (exact) mass is 459 g/mol. The molecule has 0 saturated heterocycles. The Hall–Kier alpha value is -4.00. The van der Waals surface area contributed by atoms with Gasteiger partial charge >= 0.3 is 5.97 Å². The van der Waals surface area contributed by atoms with Crippen molar-refractivity contribution in [2.45, 2.75) is 25.7 Å². The number of esters is 1. The van der Waals surface area contributed by atoms with Gasteiger partial charge in [0.15, 0.2) is 0 Å². The fourth-order valence-corrected chi connectivity index (χ4v) is 3.85. The van der Waals surface area contributed by atoms with Crippen molar-refractivity contribution in [1.29, 1.82) is 0 Å². The maximum atomic E-state index is 11.2. The lowest BCUT2D eigenvalue weighted by Gasteiger charge is -2.12. The second-order valence-corrected chi connectivity index (χ2v) is 7.95. The first kappa shape index (κ1) is 23.2. The summed E-state index contributed by atoms with van der Waals surface area (Å²) < 4.78 is 18.1. The number of anilines is 1. The van der Waals surface area contributed by atoms with Crippen LogP contribution < -0.4 is 15.2 Å². The molecule has 4 rings (SSSR count). The normalized spacial score (nSPS) is 10.9. The number of nitrogens with zero attached hydrogens (tertiary/aromatic N) is 2. The molecule has 0 saturated carbocycles. The average Bonchev–Trinajstić information content (AvgIpc) is 3.24. The van der Waals surface area contributed by atoms with Gasteiger partial charge in [0, 0.05) is 23.7 Å². The highest BCUT2D eigenvalue weighted by molar-refractivity contribution is 5.88. The van der Waals surface area contributed by atoms with Crippen molar-refractivity contribution in [2.75, 3.05) is 26.6 Å². The molecule has 176 valence electrons. The molecule has 1 heterocycles. The number of ether oxygens (including phenoxy) is 3. The quantitative estimate of drug-likeness (QED) is 0.194. The molecule has 0 amide bonds. The third kappa shape index (κ3) is 5.14. The Kier molecular flexibility index (Phi) is 7.32. The molecule has 0 unspecified atom stereocenters. The van der Waals surface area contributed by atoms with Gasteiger partial charge in [-0.1, -0.05) is 30.3 Å². The molecule has 0 aliphatic heterocycles. The highest BCUT2D eigenvalue weighted by atomic mass is 16.5. The van der Waals surface area contributed by atoms with E-state index in [2.05, 4.69) is 9.30 Å². The van der Waals surface area contributed by atoms with Crippen molar-refractivity contribution in [3.63, 3.8) is 0 Å². The van der Waals surface area contributed by atoms with E-state index in [0.29, 0.717) is 24.5 Å². The lowest BCUT2D eigenvalue weighted by molar-refractivity contribution is -0.140. The molecule has 34 heavy (non-hydrogen) atoms. The molecule has 0 spiro atoms. The first-order chi connectivity index (χ1) is 16.6. The molecule has 0 bridgehead atoms. The Morgan fingerprint density at radius 1 is 0.971 bits per heavy atom. The van der Waals surface area contributed by atoms with Crippen molar-refractivity contribution in [2.24, 2.45) is 0 Å². The first-order valence-electron chi connectivity index (χ1n) is 11.3. The van der Waals surface area contributed by atoms with Crippen molar-refractivity contribution in [1.82, 2.24) is 9.55 Å². The van der Waals surface area contributed by atoms with Crippen LogP contribution in [0.15, 0.2) is 66.7 Å². The Morgan fingerprint density at radius 2 is 1.74 bits per heavy atom. The number of unbranched alkanes of at least 4 members (excludes halogenated alkanes) is 2. The number of nitrogen functional groups attached to an aromatic ring is 1. The predicted molar refractivity (Wildman–Crippen MR) is 133 cm³/mol. The highest BCUT2D eigenvalue weighted by Gasteiger charge is 2.17. The van der Waals surface area contributed by atoms with Crippen molar-refractivity contribution in [3.8, 4) is 28.6 Å². The van der Waals surface area contributed by atoms with Crippen molar-refractivity contribution in [3.05, 3.63) is 66.7 Å². The summed E-state index contributed by atoms with van der Waals surface area (Å²) in [5, 5.41) is 0. The average molecular weight is 460 g/mol. The van der Waals surface area contributed by atoms with E-state index in [0.717, 1.165) is 53.1 Å². The standard InChI is InChI=1S/C27H29N3O4/c1-32-21-14-12-20(13-15-21)30-24-18-25(34-16-8-4-7-11-26(31)33-2)22(28)17-23(24)29-27(30)19-9-5-3-6-10-19/h3,5-6,9-10,12-15,17-18H,4,7-8,11,16,28H2,1-2H3. The number of aromatic nitrogens is 2. The summed E-state index contributed by atoms with van der Waals surface area (Å²) in [7, 11) is 3.06. The van der Waals surface area contributed by atoms with E-state index in [-0.39, 0.29) is 5.97 Å². The van der Waals surface area contributed by atoms with E-state index < -0.39 is 0 Å². The van der Waals surface area contributed by atoms with Crippen LogP contribution >= 0.6 is 0 Å². The van der Waals surface area contributed by atoms with Gasteiger partial charge in [0.25, 0.3) is 0 Å². The molecular formula is C27H29N3O4. The van der Waals surface area contributed by atoms with E-state index in [9.17, 15) is 4.79 Å². The third-order valence-corrected chi connectivity index (χ3v) is 5.66. The van der Waals surface area contributed by atoms with Crippen LogP contribution in [0.5, 0.6) is 11.5 Å². The molecule has 0 radical (unpaired) electrons. The number of carbonyl (C=O) groups is 1. The Bertz CT molecular complexity index is 1250. The van der Waals surface area contributed by atoms with E-state index in [1.54, 1.807) is 7.11 Å². The van der Waals surface area contributed by atoms with Crippen LogP contribution in [-0.4, -0.2) is 36.3 Å². The summed E-state index contributed by atoms with van der Waals surface area (Å²) in [6.45, 7) is 0.513. The molecule has 1 aromatic heterocycles. The second kappa shape index (κ2) is 10.7. The molecule has 0 fully saturated rings. The van der Waals surface area contributed by atoms with Gasteiger partial charge in [-0.2, -0.15) is 0 Å². The van der Waals surface area contributed by atoms with E-state index in [1.807, 2.05) is 66.7 Å². The number of methoxy groups -OCH3 is 2. The number of hydrogen-bond donors (Lipinski definition) is 1. The van der Waals surface area contributed by atoms with Crippen molar-refractivity contribution >= 4 is 22.7 Å². The molecular weight excluding hydrogens is 430 g/mol. The van der Waals surface area contributed by atoms with Crippen LogP contribution in [-0.2, 0) is 9.53 Å². The number of fused-ring (bicyclic) bond motifs is 1. The zero-order valence-electron chi connectivity index (χ0n) is 19.5. The molecule has 0 aliphatic carbocycles. The highest BCUT2D eigenvalue weighted by Crippen LogP contribution is 2.34. The third-order valence-electron chi connectivity index (χ3n) is 5.66. The Morgan fingerprint density at radius 3 is 2.44 bits per heavy atom. The molecule has 0 aliphatic rings. The summed E-state index contributed by atoms with van der Waals surface area (Å²) in [4.78, 5) is 16.1. The molecule has 3 aromatic carbocycles. The van der Waals surface area contributed by atoms with Crippen LogP contribution in [0.25, 0.3) is 28.1 Å². The van der Waals surface area contributed by atoms with Crippen LogP contribution in [0.4, 0.5) is 5.69 Å². The zero-order valence-corrected chi connectivity index (χ0v) is 19.5. The summed E-state index contributed by atoms with van der Waals surface area (Å²) >= 11 is 0. The van der Waals surface area contributed by atoms with Gasteiger partial charge in [-0.15, -0.1) is 0 Å². The van der Waals surface area contributed by atoms with Gasteiger partial charge in [0.2, 0.25) is 0 Å². The lowest BCUT2D eigenvalue weighted by Crippen LogP contribution is -2.03. The SMILES string of the molecule is COC(=O)CCCCCOc1cc2c(cc1N)nc(-c1ccccc1)n2-c1ccc(OC)cc1. The summed E-state index contributed by atoms with van der Waals surface area (Å²) in [5.74, 6) is 2.04. The van der Waals surface area contributed by atoms with Crippen LogP contribution in [0.2, 0.25) is 0 Å². The predicted octanol–water partition coefficient (Wildman–Crippen LogP) is 5.40. The van der Waals surface area contributed by atoms with Crippen LogP contribution in [0, 0.1) is 0 Å². The van der Waals surface area contributed by atoms with Crippen LogP contribution in [0.3, 0.4) is 0 Å². The first-order valence-corrected chi connectivity index (χ1v) is 11.3. The summed E-state index contributed by atoms with van der Waals surface area (Å²) in [6, 6.07) is 21.7. The number of nitrogens with two attached hydrogens (primary N) is 1. The molecule has 7 heteroatoms. The van der Waals surface area contributed by atoms with E-state index in [1.165, 1.54) is 7.11 Å². The van der Waals surface area contributed by atoms with Gasteiger partial charge in [0.05, 0.1) is 37.5 Å². The molecule has 0 atom stereocenters. The lowest BCUT2D eigenvalue weighted by atomic mass is 10.2. The largest absolute Gasteiger partial charge is 0.497 e. The number of hydrogen-bond acceptors (Lipinski definition) is 6. The maximum Gasteiger partial charge on any atom is 0.305 e. The molecule has 2 N–H and O–H groups in total. The minimum Gasteiger partial charge on any atom is -0.497 e. The van der Waals surface area contributed by atoms with Crippen LogP contribution in [0.1, 0.15) is 25.7 Å². The Labute approximate surface area is 199 Å². The number of benzene rings is 3. The minimum absolute atomic E-state index is 0.184. The smallest absolute Gasteiger partial charge is 0.305 e. The Balaban J connectivity index is 1.64. The van der Waals surface area contributed by atoms with Gasteiger partial charge < -0.3 is 19.9 Å². The molecule has 4 aromatic rings.